The van der Waals surface area contributed by atoms with Gasteiger partial charge >= 0.3 is 0 Å². The van der Waals surface area contributed by atoms with E-state index in [9.17, 15) is 13.5 Å². The van der Waals surface area contributed by atoms with E-state index in [-0.39, 0.29) is 6.54 Å². The van der Waals surface area contributed by atoms with Crippen molar-refractivity contribution in [2.75, 3.05) is 25.5 Å². The maximum atomic E-state index is 12.7. The van der Waals surface area contributed by atoms with Crippen LogP contribution in [0.15, 0.2) is 23.1 Å². The maximum Gasteiger partial charge on any atom is 0.242 e. The SMILES string of the molecule is CN(CC1(O)CCCC1)S(=O)(=O)c1ccc2c(c1)CCN2. The minimum atomic E-state index is -3.54. The van der Waals surface area contributed by atoms with Crippen LogP contribution in [0.3, 0.4) is 0 Å². The average Bonchev–Trinajstić information content (AvgIpc) is 3.06. The Kier molecular flexibility index (Phi) is 3.71. The normalized spacial score (nSPS) is 20.5. The third-order valence-corrected chi connectivity index (χ3v) is 6.35. The summed E-state index contributed by atoms with van der Waals surface area (Å²) in [4.78, 5) is 0.314. The maximum absolute atomic E-state index is 12.7. The van der Waals surface area contributed by atoms with Gasteiger partial charge in [0.2, 0.25) is 10.0 Å². The molecule has 2 N–H and O–H groups in total. The minimum absolute atomic E-state index is 0.171. The van der Waals surface area contributed by atoms with Gasteiger partial charge in [-0.05, 0) is 43.0 Å². The summed E-state index contributed by atoms with van der Waals surface area (Å²) in [6.45, 7) is 1.03. The van der Waals surface area contributed by atoms with Crippen LogP contribution in [-0.4, -0.2) is 43.6 Å². The summed E-state index contributed by atoms with van der Waals surface area (Å²) in [6, 6.07) is 5.22. The third-order valence-electron chi connectivity index (χ3n) is 4.55. The van der Waals surface area contributed by atoms with E-state index < -0.39 is 15.6 Å². The van der Waals surface area contributed by atoms with Crippen molar-refractivity contribution in [2.24, 2.45) is 0 Å². The number of sulfonamides is 1. The molecule has 0 unspecified atom stereocenters. The fourth-order valence-corrected chi connectivity index (χ4v) is 4.61. The van der Waals surface area contributed by atoms with Gasteiger partial charge in [0.05, 0.1) is 10.5 Å². The second kappa shape index (κ2) is 5.26. The Labute approximate surface area is 126 Å². The summed E-state index contributed by atoms with van der Waals surface area (Å²) in [7, 11) is -1.99. The lowest BCUT2D eigenvalue weighted by atomic mass is 10.0. The highest BCUT2D eigenvalue weighted by molar-refractivity contribution is 7.89. The van der Waals surface area contributed by atoms with Crippen molar-refractivity contribution < 1.29 is 13.5 Å². The monoisotopic (exact) mass is 310 g/mol. The van der Waals surface area contributed by atoms with Crippen molar-refractivity contribution in [1.82, 2.24) is 4.31 Å². The second-order valence-corrected chi connectivity index (χ2v) is 8.23. The van der Waals surface area contributed by atoms with Crippen molar-refractivity contribution in [3.05, 3.63) is 23.8 Å². The Bertz CT molecular complexity index is 636. The zero-order valence-corrected chi connectivity index (χ0v) is 13.1. The van der Waals surface area contributed by atoms with E-state index in [1.165, 1.54) is 4.31 Å². The van der Waals surface area contributed by atoms with Gasteiger partial charge in [0.1, 0.15) is 0 Å². The Balaban J connectivity index is 1.82. The van der Waals surface area contributed by atoms with Gasteiger partial charge in [-0.15, -0.1) is 0 Å². The van der Waals surface area contributed by atoms with Crippen LogP contribution in [-0.2, 0) is 16.4 Å². The van der Waals surface area contributed by atoms with Gasteiger partial charge in [0.25, 0.3) is 0 Å². The van der Waals surface area contributed by atoms with Crippen LogP contribution in [0.5, 0.6) is 0 Å². The van der Waals surface area contributed by atoms with Crippen molar-refractivity contribution >= 4 is 15.7 Å². The Hall–Kier alpha value is -1.11. The van der Waals surface area contributed by atoms with Gasteiger partial charge in [-0.25, -0.2) is 8.42 Å². The standard InChI is InChI=1S/C15H22N2O3S/c1-17(11-15(18)7-2-3-8-15)21(19,20)13-4-5-14-12(10-13)6-9-16-14/h4-5,10,16,18H,2-3,6-9,11H2,1H3. The van der Waals surface area contributed by atoms with Crippen LogP contribution in [0.4, 0.5) is 5.69 Å². The number of nitrogens with one attached hydrogen (secondary N) is 1. The summed E-state index contributed by atoms with van der Waals surface area (Å²) >= 11 is 0. The van der Waals surface area contributed by atoms with Gasteiger partial charge in [-0.1, -0.05) is 12.8 Å². The van der Waals surface area contributed by atoms with Gasteiger partial charge < -0.3 is 10.4 Å². The highest BCUT2D eigenvalue weighted by atomic mass is 32.2. The number of benzene rings is 1. The lowest BCUT2D eigenvalue weighted by molar-refractivity contribution is 0.0333. The molecule has 6 heteroatoms. The Morgan fingerprint density at radius 3 is 2.76 bits per heavy atom. The quantitative estimate of drug-likeness (QED) is 0.886. The van der Waals surface area contributed by atoms with Crippen molar-refractivity contribution in [1.29, 1.82) is 0 Å². The highest BCUT2D eigenvalue weighted by Crippen LogP contribution is 2.32. The van der Waals surface area contributed by atoms with E-state index in [4.69, 9.17) is 0 Å². The first-order valence-electron chi connectivity index (χ1n) is 7.46. The van der Waals surface area contributed by atoms with Crippen LogP contribution >= 0.6 is 0 Å². The first-order valence-corrected chi connectivity index (χ1v) is 8.90. The summed E-state index contributed by atoms with van der Waals surface area (Å²) in [5, 5.41) is 13.6. The van der Waals surface area contributed by atoms with Gasteiger partial charge in [0.15, 0.2) is 0 Å². The van der Waals surface area contributed by atoms with Crippen LogP contribution in [0.1, 0.15) is 31.2 Å². The number of rotatable bonds is 4. The molecule has 116 valence electrons. The number of hydrogen-bond donors (Lipinski definition) is 2. The zero-order chi connectivity index (χ0) is 15.1. The van der Waals surface area contributed by atoms with E-state index in [1.807, 2.05) is 6.07 Å². The molecular weight excluding hydrogens is 288 g/mol. The van der Waals surface area contributed by atoms with Crippen LogP contribution in [0, 0.1) is 0 Å². The van der Waals surface area contributed by atoms with Crippen molar-refractivity contribution in [3.63, 3.8) is 0 Å². The molecule has 3 rings (SSSR count). The zero-order valence-electron chi connectivity index (χ0n) is 12.3. The summed E-state index contributed by atoms with van der Waals surface area (Å²) in [5.74, 6) is 0. The van der Waals surface area contributed by atoms with E-state index in [1.54, 1.807) is 19.2 Å². The number of aliphatic hydroxyl groups is 1. The molecule has 5 nitrogen and oxygen atoms in total. The lowest BCUT2D eigenvalue weighted by Crippen LogP contribution is -2.41. The summed E-state index contributed by atoms with van der Waals surface area (Å²) in [6.07, 6.45) is 4.15. The van der Waals surface area contributed by atoms with E-state index in [0.717, 1.165) is 37.1 Å². The molecule has 0 bridgehead atoms. The summed E-state index contributed by atoms with van der Waals surface area (Å²) in [5.41, 5.74) is 1.20. The predicted octanol–water partition coefficient (Wildman–Crippen LogP) is 1.58. The lowest BCUT2D eigenvalue weighted by Gasteiger charge is -2.28. The molecular formula is C15H22N2O3S. The first-order chi connectivity index (χ1) is 9.91. The molecule has 1 aromatic carbocycles. The molecule has 0 radical (unpaired) electrons. The number of nitrogens with zero attached hydrogens (tertiary/aromatic N) is 1. The van der Waals surface area contributed by atoms with E-state index >= 15 is 0 Å². The molecule has 1 aliphatic carbocycles. The average molecular weight is 310 g/mol. The highest BCUT2D eigenvalue weighted by Gasteiger charge is 2.36. The van der Waals surface area contributed by atoms with Crippen molar-refractivity contribution in [2.45, 2.75) is 42.6 Å². The molecule has 2 aliphatic rings. The fraction of sp³-hybridized carbons (Fsp3) is 0.600. The van der Waals surface area contributed by atoms with Gasteiger partial charge in [-0.2, -0.15) is 4.31 Å². The molecule has 1 aromatic rings. The number of hydrogen-bond acceptors (Lipinski definition) is 4. The van der Waals surface area contributed by atoms with E-state index in [0.29, 0.717) is 17.7 Å². The molecule has 1 saturated carbocycles. The number of anilines is 1. The molecule has 21 heavy (non-hydrogen) atoms. The molecule has 0 spiro atoms. The molecule has 0 saturated heterocycles. The van der Waals surface area contributed by atoms with Crippen LogP contribution in [0.2, 0.25) is 0 Å². The Morgan fingerprint density at radius 2 is 2.05 bits per heavy atom. The van der Waals surface area contributed by atoms with Crippen molar-refractivity contribution in [3.8, 4) is 0 Å². The first kappa shape index (κ1) is 14.8. The molecule has 0 aromatic heterocycles. The van der Waals surface area contributed by atoms with E-state index in [2.05, 4.69) is 5.32 Å². The smallest absolute Gasteiger partial charge is 0.242 e. The fourth-order valence-electron chi connectivity index (χ4n) is 3.31. The largest absolute Gasteiger partial charge is 0.389 e. The van der Waals surface area contributed by atoms with Crippen LogP contribution < -0.4 is 5.32 Å². The number of fused-ring (bicyclic) bond motifs is 1. The Morgan fingerprint density at radius 1 is 1.33 bits per heavy atom. The topological polar surface area (TPSA) is 69.6 Å². The summed E-state index contributed by atoms with van der Waals surface area (Å²) < 4.78 is 26.6. The number of likely N-dealkylation sites (N-methyl/N-ethyl adjacent to an activating group) is 1. The van der Waals surface area contributed by atoms with Gasteiger partial charge in [-0.3, -0.25) is 0 Å². The minimum Gasteiger partial charge on any atom is -0.389 e. The third kappa shape index (κ3) is 2.80. The molecule has 1 fully saturated rings. The molecule has 0 amide bonds. The second-order valence-electron chi connectivity index (χ2n) is 6.19. The molecule has 0 atom stereocenters. The van der Waals surface area contributed by atoms with Gasteiger partial charge in [0, 0.05) is 25.8 Å². The van der Waals surface area contributed by atoms with Crippen LogP contribution in [0.25, 0.3) is 0 Å². The predicted molar refractivity (Wildman–Crippen MR) is 81.9 cm³/mol. The molecule has 1 heterocycles. The molecule has 1 aliphatic heterocycles.